The van der Waals surface area contributed by atoms with Crippen LogP contribution in [0.15, 0.2) is 24.3 Å². The zero-order valence-electron chi connectivity index (χ0n) is 13.8. The summed E-state index contributed by atoms with van der Waals surface area (Å²) in [4.78, 5) is 16.8. The summed E-state index contributed by atoms with van der Waals surface area (Å²) in [5.74, 6) is 0.890. The van der Waals surface area contributed by atoms with Gasteiger partial charge < -0.3 is 5.32 Å². The molecule has 3 rings (SSSR count). The van der Waals surface area contributed by atoms with Crippen LogP contribution in [0.2, 0.25) is 5.02 Å². The molecule has 1 amide bonds. The third-order valence-electron chi connectivity index (χ3n) is 4.85. The number of hydrogen-bond acceptors (Lipinski definition) is 3. The van der Waals surface area contributed by atoms with Crippen LogP contribution >= 0.6 is 11.6 Å². The molecule has 1 saturated heterocycles. The van der Waals surface area contributed by atoms with Crippen LogP contribution in [0.5, 0.6) is 0 Å². The van der Waals surface area contributed by atoms with Gasteiger partial charge in [-0.25, -0.2) is 0 Å². The van der Waals surface area contributed by atoms with Crippen LogP contribution in [0.1, 0.15) is 25.3 Å². The predicted molar refractivity (Wildman–Crippen MR) is 93.5 cm³/mol. The van der Waals surface area contributed by atoms with Gasteiger partial charge in [-0.05, 0) is 43.4 Å². The Morgan fingerprint density at radius 2 is 1.96 bits per heavy atom. The lowest BCUT2D eigenvalue weighted by Gasteiger charge is -2.34. The van der Waals surface area contributed by atoms with Gasteiger partial charge in [0.1, 0.15) is 0 Å². The highest BCUT2D eigenvalue weighted by Crippen LogP contribution is 2.32. The van der Waals surface area contributed by atoms with Crippen LogP contribution in [0.25, 0.3) is 0 Å². The molecule has 1 saturated carbocycles. The Bertz CT molecular complexity index is 539. The molecule has 1 atom stereocenters. The number of rotatable bonds is 6. The number of halogens is 1. The molecule has 0 aromatic heterocycles. The number of benzene rings is 1. The highest BCUT2D eigenvalue weighted by atomic mass is 35.5. The Kier molecular flexibility index (Phi) is 5.57. The maximum absolute atomic E-state index is 12.1. The van der Waals surface area contributed by atoms with Gasteiger partial charge in [0, 0.05) is 43.8 Å². The van der Waals surface area contributed by atoms with Crippen molar-refractivity contribution in [3.8, 4) is 0 Å². The lowest BCUT2D eigenvalue weighted by atomic mass is 10.2. The number of hydrogen-bond donors (Lipinski definition) is 1. The summed E-state index contributed by atoms with van der Waals surface area (Å²) in [5.41, 5.74) is 1.25. The summed E-state index contributed by atoms with van der Waals surface area (Å²) < 4.78 is 0. The number of carbonyl (C=O) groups excluding carboxylic acids is 1. The summed E-state index contributed by atoms with van der Waals surface area (Å²) in [6.07, 6.45) is 2.53. The summed E-state index contributed by atoms with van der Waals surface area (Å²) >= 11 is 6.04. The van der Waals surface area contributed by atoms with Crippen molar-refractivity contribution in [1.29, 1.82) is 0 Å². The van der Waals surface area contributed by atoms with Crippen molar-refractivity contribution in [2.24, 2.45) is 5.92 Å². The Hall–Kier alpha value is -1.10. The average molecular weight is 336 g/mol. The molecular formula is C18H26ClN3O. The van der Waals surface area contributed by atoms with E-state index in [4.69, 9.17) is 11.6 Å². The van der Waals surface area contributed by atoms with Crippen molar-refractivity contribution in [1.82, 2.24) is 15.1 Å². The Balaban J connectivity index is 1.38. The Labute approximate surface area is 143 Å². The van der Waals surface area contributed by atoms with Gasteiger partial charge in [0.05, 0.1) is 6.54 Å². The standard InChI is InChI=1S/C18H26ClN3O/c1-14(16-5-6-16)20-18(23)13-22-9-7-21(8-10-22)12-15-3-2-4-17(19)11-15/h2-4,11,14,16H,5-10,12-13H2,1H3,(H,20,23)/t14-/m1/s1. The van der Waals surface area contributed by atoms with Crippen LogP contribution in [-0.2, 0) is 11.3 Å². The van der Waals surface area contributed by atoms with Gasteiger partial charge in [-0.1, -0.05) is 23.7 Å². The predicted octanol–water partition coefficient (Wildman–Crippen LogP) is 2.37. The monoisotopic (exact) mass is 335 g/mol. The Morgan fingerprint density at radius 3 is 2.61 bits per heavy atom. The van der Waals surface area contributed by atoms with E-state index in [9.17, 15) is 4.79 Å². The van der Waals surface area contributed by atoms with E-state index in [0.29, 0.717) is 18.5 Å². The number of piperazine rings is 1. The van der Waals surface area contributed by atoms with Gasteiger partial charge in [0.25, 0.3) is 0 Å². The molecule has 1 aliphatic carbocycles. The van der Waals surface area contributed by atoms with E-state index < -0.39 is 0 Å². The molecule has 1 aliphatic heterocycles. The molecule has 1 aromatic carbocycles. The first kappa shape index (κ1) is 16.7. The van der Waals surface area contributed by atoms with Gasteiger partial charge in [0.2, 0.25) is 5.91 Å². The second-order valence-electron chi connectivity index (χ2n) is 6.88. The van der Waals surface area contributed by atoms with E-state index in [1.807, 2.05) is 18.2 Å². The second-order valence-corrected chi connectivity index (χ2v) is 7.31. The molecule has 23 heavy (non-hydrogen) atoms. The third-order valence-corrected chi connectivity index (χ3v) is 5.08. The fraction of sp³-hybridized carbons (Fsp3) is 0.611. The van der Waals surface area contributed by atoms with Gasteiger partial charge in [0.15, 0.2) is 0 Å². The fourth-order valence-electron chi connectivity index (χ4n) is 3.22. The minimum absolute atomic E-state index is 0.174. The van der Waals surface area contributed by atoms with Gasteiger partial charge in [-0.15, -0.1) is 0 Å². The van der Waals surface area contributed by atoms with E-state index in [-0.39, 0.29) is 5.91 Å². The van der Waals surface area contributed by atoms with Crippen molar-refractivity contribution in [2.75, 3.05) is 32.7 Å². The minimum atomic E-state index is 0.174. The van der Waals surface area contributed by atoms with Crippen LogP contribution in [0.4, 0.5) is 0 Å². The second kappa shape index (κ2) is 7.65. The molecule has 2 fully saturated rings. The lowest BCUT2D eigenvalue weighted by Crippen LogP contribution is -2.50. The first-order chi connectivity index (χ1) is 11.1. The van der Waals surface area contributed by atoms with Crippen LogP contribution < -0.4 is 5.32 Å². The minimum Gasteiger partial charge on any atom is -0.352 e. The molecule has 4 nitrogen and oxygen atoms in total. The molecule has 0 spiro atoms. The van der Waals surface area contributed by atoms with Crippen LogP contribution in [0.3, 0.4) is 0 Å². The Morgan fingerprint density at radius 1 is 1.26 bits per heavy atom. The van der Waals surface area contributed by atoms with Crippen molar-refractivity contribution in [3.63, 3.8) is 0 Å². The highest BCUT2D eigenvalue weighted by Gasteiger charge is 2.29. The van der Waals surface area contributed by atoms with Crippen molar-refractivity contribution in [2.45, 2.75) is 32.4 Å². The summed E-state index contributed by atoms with van der Waals surface area (Å²) in [6, 6.07) is 8.39. The maximum atomic E-state index is 12.1. The smallest absolute Gasteiger partial charge is 0.234 e. The molecule has 1 heterocycles. The fourth-order valence-corrected chi connectivity index (χ4v) is 3.43. The van der Waals surface area contributed by atoms with E-state index in [1.165, 1.54) is 18.4 Å². The van der Waals surface area contributed by atoms with Crippen molar-refractivity contribution < 1.29 is 4.79 Å². The van der Waals surface area contributed by atoms with E-state index in [0.717, 1.165) is 37.7 Å². The molecule has 0 unspecified atom stereocenters. The molecule has 126 valence electrons. The normalized spacial score (nSPS) is 21.1. The zero-order valence-corrected chi connectivity index (χ0v) is 14.6. The third kappa shape index (κ3) is 5.20. The van der Waals surface area contributed by atoms with Crippen molar-refractivity contribution in [3.05, 3.63) is 34.9 Å². The van der Waals surface area contributed by atoms with E-state index in [2.05, 4.69) is 28.1 Å². The number of nitrogens with zero attached hydrogens (tertiary/aromatic N) is 2. The number of nitrogens with one attached hydrogen (secondary N) is 1. The summed E-state index contributed by atoms with van der Waals surface area (Å²) in [7, 11) is 0. The van der Waals surface area contributed by atoms with Crippen LogP contribution in [-0.4, -0.2) is 54.5 Å². The molecule has 2 aliphatic rings. The molecule has 1 N–H and O–H groups in total. The lowest BCUT2D eigenvalue weighted by molar-refractivity contribution is -0.123. The van der Waals surface area contributed by atoms with Crippen molar-refractivity contribution >= 4 is 17.5 Å². The summed E-state index contributed by atoms with van der Waals surface area (Å²) in [5, 5.41) is 3.93. The summed E-state index contributed by atoms with van der Waals surface area (Å²) in [6.45, 7) is 7.48. The maximum Gasteiger partial charge on any atom is 0.234 e. The van der Waals surface area contributed by atoms with Crippen LogP contribution in [0, 0.1) is 5.92 Å². The highest BCUT2D eigenvalue weighted by molar-refractivity contribution is 6.30. The van der Waals surface area contributed by atoms with E-state index in [1.54, 1.807) is 0 Å². The average Bonchev–Trinajstić information content (AvgIpc) is 3.34. The zero-order chi connectivity index (χ0) is 16.2. The van der Waals surface area contributed by atoms with E-state index >= 15 is 0 Å². The number of amides is 1. The first-order valence-electron chi connectivity index (χ1n) is 8.58. The number of carbonyl (C=O) groups is 1. The first-order valence-corrected chi connectivity index (χ1v) is 8.96. The molecular weight excluding hydrogens is 310 g/mol. The van der Waals surface area contributed by atoms with Gasteiger partial charge in [-0.2, -0.15) is 0 Å². The van der Waals surface area contributed by atoms with Gasteiger partial charge in [-0.3, -0.25) is 14.6 Å². The van der Waals surface area contributed by atoms with Gasteiger partial charge >= 0.3 is 0 Å². The largest absolute Gasteiger partial charge is 0.352 e. The molecule has 5 heteroatoms. The molecule has 1 aromatic rings. The topological polar surface area (TPSA) is 35.6 Å². The SMILES string of the molecule is C[C@@H](NC(=O)CN1CCN(Cc2cccc(Cl)c2)CC1)C1CC1. The molecule has 0 bridgehead atoms. The molecule has 0 radical (unpaired) electrons. The quantitative estimate of drug-likeness (QED) is 0.867.